The van der Waals surface area contributed by atoms with Crippen molar-refractivity contribution < 1.29 is 52.8 Å². The Hall–Kier alpha value is -6.45. The predicted molar refractivity (Wildman–Crippen MR) is 256 cm³/mol. The lowest BCUT2D eigenvalue weighted by Crippen LogP contribution is -2.54. The minimum absolute atomic E-state index is 0.0388. The first-order valence-corrected chi connectivity index (χ1v) is 24.5. The van der Waals surface area contributed by atoms with Gasteiger partial charge < -0.3 is 39.4 Å². The van der Waals surface area contributed by atoms with Gasteiger partial charge >= 0.3 is 24.2 Å². The average molecular weight is 947 g/mol. The van der Waals surface area contributed by atoms with Crippen molar-refractivity contribution in [3.05, 3.63) is 143 Å². The number of amides is 4. The van der Waals surface area contributed by atoms with Gasteiger partial charge in [-0.15, -0.1) is 0 Å². The highest BCUT2D eigenvalue weighted by Gasteiger charge is 2.45. The Morgan fingerprint density at radius 1 is 0.710 bits per heavy atom. The summed E-state index contributed by atoms with van der Waals surface area (Å²) >= 11 is 0. The van der Waals surface area contributed by atoms with E-state index < -0.39 is 66.5 Å². The Bertz CT molecular complexity index is 2240. The van der Waals surface area contributed by atoms with E-state index in [-0.39, 0.29) is 58.5 Å². The zero-order chi connectivity index (χ0) is 48.2. The van der Waals surface area contributed by atoms with Gasteiger partial charge in [-0.25, -0.2) is 29.6 Å². The van der Waals surface area contributed by atoms with Crippen LogP contribution in [0, 0.1) is 11.8 Å². The van der Waals surface area contributed by atoms with Crippen LogP contribution in [-0.2, 0) is 59.3 Å². The van der Waals surface area contributed by atoms with Gasteiger partial charge in [0.2, 0.25) is 5.91 Å². The molecule has 4 N–H and O–H groups in total. The molecule has 1 aliphatic heterocycles. The average Bonchev–Trinajstić information content (AvgIpc) is 4.03. The van der Waals surface area contributed by atoms with E-state index >= 15 is 4.79 Å². The van der Waals surface area contributed by atoms with Crippen LogP contribution in [0.4, 0.5) is 14.4 Å². The summed E-state index contributed by atoms with van der Waals surface area (Å²) in [4.78, 5) is 69.6. The maximum absolute atomic E-state index is 15.4. The van der Waals surface area contributed by atoms with Crippen LogP contribution in [0.5, 0.6) is 0 Å². The highest BCUT2D eigenvalue weighted by atomic mass is 16.6. The number of nitrogens with one attached hydrogen (secondary N) is 3. The molecule has 7 rings (SSSR count). The fraction of sp³-hybridized carbons (Fsp3) is 0.463. The van der Waals surface area contributed by atoms with Gasteiger partial charge in [0.05, 0.1) is 19.3 Å². The number of hydrazine groups is 1. The van der Waals surface area contributed by atoms with Crippen LogP contribution in [0.1, 0.15) is 104 Å². The van der Waals surface area contributed by atoms with E-state index in [0.29, 0.717) is 30.9 Å². The van der Waals surface area contributed by atoms with Gasteiger partial charge in [0.15, 0.2) is 0 Å². The molecular weight excluding hydrogens is 881 g/mol. The van der Waals surface area contributed by atoms with E-state index in [1.54, 1.807) is 12.1 Å². The molecule has 4 aromatic carbocycles. The fourth-order valence-corrected chi connectivity index (χ4v) is 9.47. The Morgan fingerprint density at radius 2 is 1.35 bits per heavy atom. The number of rotatable bonds is 21. The van der Waals surface area contributed by atoms with Gasteiger partial charge in [-0.1, -0.05) is 147 Å². The van der Waals surface area contributed by atoms with Crippen molar-refractivity contribution in [1.29, 1.82) is 0 Å². The van der Waals surface area contributed by atoms with Crippen LogP contribution in [0.2, 0.25) is 0 Å². The SMILES string of the molecule is O=C(NCCC[C@H](NC(=O)OCc1ccccc1)C(=O)O[C@@H]1Cc2ccccc2[C@@H]1N(NC(=O)O[C@H]1CCOC1)C(=O)[C@H](Cc1ccccc1)C[C@@H](O)CCC1CCCCC1)OCc1ccccc1. The molecule has 0 radical (unpaired) electrons. The smallest absolute Gasteiger partial charge is 0.426 e. The number of ether oxygens (including phenoxy) is 5. The maximum Gasteiger partial charge on any atom is 0.426 e. The standard InChI is InChI=1S/C54H66N4O11/c59-44(28-27-38-16-5-1-6-17-38)33-43(32-39-18-7-2-8-19-39)50(60)58(57-54(64)68-45-29-31-65-37-45)49-46-25-14-13-24-42(46)34-48(49)69-51(61)47(56-53(63)67-36-41-22-11-4-12-23-41)26-15-30-55-52(62)66-35-40-20-9-3-10-21-40/h2-4,7-14,18-25,38,43-45,47-49,59H,1,5-6,15-17,26-37H2,(H,55,62)(H,56,63)(H,57,64)/t43-,44+,45+,47+,48-,49+/m1/s1. The summed E-state index contributed by atoms with van der Waals surface area (Å²) in [6.45, 7) is 0.788. The van der Waals surface area contributed by atoms with Gasteiger partial charge in [-0.05, 0) is 72.3 Å². The van der Waals surface area contributed by atoms with Crippen LogP contribution < -0.4 is 16.1 Å². The minimum Gasteiger partial charge on any atom is -0.458 e. The number of carbonyl (C=O) groups is 5. The summed E-state index contributed by atoms with van der Waals surface area (Å²) in [6.07, 6.45) is 3.91. The van der Waals surface area contributed by atoms with Crippen LogP contribution in [-0.4, -0.2) is 84.4 Å². The van der Waals surface area contributed by atoms with Gasteiger partial charge in [-0.3, -0.25) is 4.79 Å². The molecule has 4 amide bonds. The van der Waals surface area contributed by atoms with E-state index in [1.165, 1.54) is 24.3 Å². The van der Waals surface area contributed by atoms with E-state index in [0.717, 1.165) is 41.5 Å². The zero-order valence-electron chi connectivity index (χ0n) is 39.2. The molecule has 3 aliphatic rings. The number of aliphatic hydroxyl groups excluding tert-OH is 1. The molecule has 0 unspecified atom stereocenters. The number of alkyl carbamates (subject to hydrolysis) is 2. The van der Waals surface area contributed by atoms with E-state index in [1.807, 2.05) is 103 Å². The van der Waals surface area contributed by atoms with E-state index in [4.69, 9.17) is 23.7 Å². The van der Waals surface area contributed by atoms with E-state index in [9.17, 15) is 24.3 Å². The second kappa shape index (κ2) is 26.3. The van der Waals surface area contributed by atoms with Gasteiger partial charge in [-0.2, -0.15) is 0 Å². The first-order valence-electron chi connectivity index (χ1n) is 24.5. The molecule has 368 valence electrons. The number of aliphatic hydroxyl groups is 1. The molecule has 0 bridgehead atoms. The summed E-state index contributed by atoms with van der Waals surface area (Å²) < 4.78 is 28.4. The Kier molecular flexibility index (Phi) is 19.3. The second-order valence-electron chi connectivity index (χ2n) is 18.3. The van der Waals surface area contributed by atoms with E-state index in [2.05, 4.69) is 16.1 Å². The molecule has 1 heterocycles. The lowest BCUT2D eigenvalue weighted by atomic mass is 9.84. The van der Waals surface area contributed by atoms with Crippen LogP contribution in [0.3, 0.4) is 0 Å². The number of fused-ring (bicyclic) bond motifs is 1. The largest absolute Gasteiger partial charge is 0.458 e. The van der Waals surface area contributed by atoms with Gasteiger partial charge in [0, 0.05) is 25.3 Å². The zero-order valence-corrected chi connectivity index (χ0v) is 39.2. The molecule has 6 atom stereocenters. The third-order valence-corrected chi connectivity index (χ3v) is 13.1. The lowest BCUT2D eigenvalue weighted by Gasteiger charge is -2.36. The number of nitrogens with zero attached hydrogens (tertiary/aromatic N) is 1. The van der Waals surface area contributed by atoms with Crippen molar-refractivity contribution in [3.63, 3.8) is 0 Å². The van der Waals surface area contributed by atoms with Crippen molar-refractivity contribution in [2.45, 2.75) is 127 Å². The molecule has 1 saturated heterocycles. The first-order chi connectivity index (χ1) is 33.7. The number of benzene rings is 4. The number of hydrogen-bond donors (Lipinski definition) is 4. The molecule has 15 nitrogen and oxygen atoms in total. The van der Waals surface area contributed by atoms with Crippen molar-refractivity contribution in [2.24, 2.45) is 11.8 Å². The maximum atomic E-state index is 15.4. The third-order valence-electron chi connectivity index (χ3n) is 13.1. The van der Waals surface area contributed by atoms with Crippen molar-refractivity contribution in [3.8, 4) is 0 Å². The lowest BCUT2D eigenvalue weighted by molar-refractivity contribution is -0.161. The summed E-state index contributed by atoms with van der Waals surface area (Å²) in [6, 6.07) is 33.0. The molecule has 15 heteroatoms. The molecule has 2 aliphatic carbocycles. The predicted octanol–water partition coefficient (Wildman–Crippen LogP) is 8.43. The molecule has 1 saturated carbocycles. The van der Waals surface area contributed by atoms with Gasteiger partial charge in [0.1, 0.15) is 37.5 Å². The Morgan fingerprint density at radius 3 is 2.01 bits per heavy atom. The van der Waals surface area contributed by atoms with Crippen LogP contribution in [0.15, 0.2) is 115 Å². The highest BCUT2D eigenvalue weighted by Crippen LogP contribution is 2.39. The molecule has 69 heavy (non-hydrogen) atoms. The molecule has 0 spiro atoms. The molecule has 0 aromatic heterocycles. The fourth-order valence-electron chi connectivity index (χ4n) is 9.47. The highest BCUT2D eigenvalue weighted by molar-refractivity contribution is 5.83. The van der Waals surface area contributed by atoms with Crippen molar-refractivity contribution in [2.75, 3.05) is 19.8 Å². The molecule has 4 aromatic rings. The summed E-state index contributed by atoms with van der Waals surface area (Å²) in [7, 11) is 0. The number of hydrogen-bond acceptors (Lipinski definition) is 11. The second-order valence-corrected chi connectivity index (χ2v) is 18.3. The van der Waals surface area contributed by atoms with Crippen LogP contribution in [0.25, 0.3) is 0 Å². The third kappa shape index (κ3) is 15.8. The van der Waals surface area contributed by atoms with Gasteiger partial charge in [0.25, 0.3) is 0 Å². The van der Waals surface area contributed by atoms with Crippen molar-refractivity contribution in [1.82, 2.24) is 21.1 Å². The quantitative estimate of drug-likeness (QED) is 0.0271. The monoisotopic (exact) mass is 946 g/mol. The normalized spacial score (nSPS) is 18.9. The Balaban J connectivity index is 1.11. The minimum atomic E-state index is -1.24. The topological polar surface area (TPSA) is 191 Å². The molecular formula is C54H66N4O11. The van der Waals surface area contributed by atoms with Crippen LogP contribution >= 0.6 is 0 Å². The number of carbonyl (C=O) groups excluding carboxylic acids is 5. The first kappa shape index (κ1) is 50.4. The summed E-state index contributed by atoms with van der Waals surface area (Å²) in [5, 5.41) is 18.2. The number of esters is 1. The summed E-state index contributed by atoms with van der Waals surface area (Å²) in [5.74, 6) is -1.55. The molecule has 2 fully saturated rings. The summed E-state index contributed by atoms with van der Waals surface area (Å²) in [5.41, 5.74) is 6.65. The van der Waals surface area contributed by atoms with Crippen molar-refractivity contribution >= 4 is 30.2 Å². The Labute approximate surface area is 404 Å².